The average Bonchev–Trinajstić information content (AvgIpc) is 3.40. The molecule has 0 radical (unpaired) electrons. The van der Waals surface area contributed by atoms with Gasteiger partial charge in [0.2, 0.25) is 11.6 Å². The highest BCUT2D eigenvalue weighted by Crippen LogP contribution is 2.40. The molecule has 0 bridgehead atoms. The Kier molecular flexibility index (Phi) is 4.12. The van der Waals surface area contributed by atoms with Crippen LogP contribution in [0.5, 0.6) is 5.75 Å². The summed E-state index contributed by atoms with van der Waals surface area (Å²) in [5.41, 5.74) is 0.477. The number of nitrogens with zero attached hydrogens (tertiary/aromatic N) is 1. The van der Waals surface area contributed by atoms with Crippen molar-refractivity contribution in [2.45, 2.75) is 12.6 Å². The predicted molar refractivity (Wildman–Crippen MR) is 91.6 cm³/mol. The largest absolute Gasteiger partial charge is 0.508 e. The number of phenols is 1. The summed E-state index contributed by atoms with van der Waals surface area (Å²) >= 11 is 0. The van der Waals surface area contributed by atoms with E-state index in [-0.39, 0.29) is 18.1 Å². The molecule has 3 aromatic rings. The number of carbonyl (C=O) groups excluding carboxylic acids is 3. The molecule has 2 atom stereocenters. The molecule has 27 heavy (non-hydrogen) atoms. The zero-order valence-electron chi connectivity index (χ0n) is 14.1. The van der Waals surface area contributed by atoms with E-state index in [9.17, 15) is 19.5 Å². The van der Waals surface area contributed by atoms with Crippen LogP contribution in [0.3, 0.4) is 0 Å². The fraction of sp³-hybridized carbons (Fsp3) is 0.150. The molecule has 3 heterocycles. The van der Waals surface area contributed by atoms with Crippen LogP contribution < -0.4 is 0 Å². The van der Waals surface area contributed by atoms with E-state index in [1.54, 1.807) is 30.3 Å². The van der Waals surface area contributed by atoms with Crippen LogP contribution in [0.2, 0.25) is 0 Å². The fourth-order valence-electron chi connectivity index (χ4n) is 3.38. The van der Waals surface area contributed by atoms with Crippen LogP contribution in [0.15, 0.2) is 69.9 Å². The van der Waals surface area contributed by atoms with Crippen LogP contribution in [0.1, 0.15) is 27.9 Å². The van der Waals surface area contributed by atoms with Crippen LogP contribution >= 0.6 is 0 Å². The lowest BCUT2D eigenvalue weighted by molar-refractivity contribution is -0.141. The van der Waals surface area contributed by atoms with Crippen molar-refractivity contribution < 1.29 is 28.3 Å². The Balaban J connectivity index is 1.79. The molecule has 1 amide bonds. The second-order valence-corrected chi connectivity index (χ2v) is 6.24. The molecule has 136 valence electrons. The number of aromatic hydroxyl groups is 1. The normalized spacial score (nSPS) is 19.6. The molecule has 7 nitrogen and oxygen atoms in total. The van der Waals surface area contributed by atoms with Gasteiger partial charge in [0.25, 0.3) is 5.91 Å². The molecule has 2 unspecified atom stereocenters. The molecule has 0 saturated carbocycles. The Bertz CT molecular complexity index is 989. The number of hydrogen-bond donors (Lipinski definition) is 1. The lowest BCUT2D eigenvalue weighted by Gasteiger charge is -2.26. The van der Waals surface area contributed by atoms with E-state index in [4.69, 9.17) is 8.83 Å². The quantitative estimate of drug-likeness (QED) is 0.424. The third-order valence-corrected chi connectivity index (χ3v) is 4.57. The summed E-state index contributed by atoms with van der Waals surface area (Å²) in [6, 6.07) is 11.6. The first-order valence-corrected chi connectivity index (χ1v) is 8.30. The van der Waals surface area contributed by atoms with Crippen LogP contribution in [0.4, 0.5) is 0 Å². The molecule has 0 spiro atoms. The maximum Gasteiger partial charge on any atom is 0.291 e. The van der Waals surface area contributed by atoms with E-state index >= 15 is 0 Å². The van der Waals surface area contributed by atoms with Gasteiger partial charge in [-0.05, 0) is 42.0 Å². The molecular formula is C20H15NO6. The number of carbonyl (C=O) groups is 3. The zero-order chi connectivity index (χ0) is 19.0. The minimum absolute atomic E-state index is 0.00570. The van der Waals surface area contributed by atoms with Gasteiger partial charge < -0.3 is 18.8 Å². The maximum absolute atomic E-state index is 12.9. The first-order valence-electron chi connectivity index (χ1n) is 8.30. The van der Waals surface area contributed by atoms with Crippen molar-refractivity contribution >= 4 is 17.5 Å². The summed E-state index contributed by atoms with van der Waals surface area (Å²) in [4.78, 5) is 39.6. The van der Waals surface area contributed by atoms with Crippen molar-refractivity contribution in [2.75, 3.05) is 0 Å². The molecule has 4 rings (SSSR count). The monoisotopic (exact) mass is 365 g/mol. The lowest BCUT2D eigenvalue weighted by Crippen LogP contribution is -2.30. The van der Waals surface area contributed by atoms with E-state index in [0.29, 0.717) is 11.3 Å². The Morgan fingerprint density at radius 3 is 2.48 bits per heavy atom. The molecule has 1 aliphatic heterocycles. The number of amides is 1. The zero-order valence-corrected chi connectivity index (χ0v) is 14.1. The first-order chi connectivity index (χ1) is 13.1. The summed E-state index contributed by atoms with van der Waals surface area (Å²) in [5.74, 6) is -2.96. The minimum atomic E-state index is -1.26. The molecule has 1 saturated heterocycles. The summed E-state index contributed by atoms with van der Waals surface area (Å²) in [5, 5.41) is 9.85. The number of Topliss-reactive ketones (excluding diaryl/α,β-unsaturated/α-hetero) is 2. The lowest BCUT2D eigenvalue weighted by atomic mass is 9.88. The maximum atomic E-state index is 12.9. The van der Waals surface area contributed by atoms with Gasteiger partial charge in [-0.3, -0.25) is 14.4 Å². The third kappa shape index (κ3) is 2.93. The highest BCUT2D eigenvalue weighted by molar-refractivity contribution is 6.43. The standard InChI is InChI=1S/C20H15NO6/c22-13-5-1-4-12(10-13)17-16(18(23)15-7-3-9-27-15)19(24)20(25)21(17)11-14-6-2-8-26-14/h1-10,16-17,22H,11H2. The Morgan fingerprint density at radius 1 is 1.04 bits per heavy atom. The van der Waals surface area contributed by atoms with E-state index in [1.807, 2.05) is 0 Å². The van der Waals surface area contributed by atoms with Gasteiger partial charge in [0.1, 0.15) is 17.4 Å². The van der Waals surface area contributed by atoms with E-state index in [1.165, 1.54) is 35.6 Å². The second kappa shape index (κ2) is 6.60. The second-order valence-electron chi connectivity index (χ2n) is 6.24. The van der Waals surface area contributed by atoms with Crippen LogP contribution in [-0.4, -0.2) is 27.5 Å². The van der Waals surface area contributed by atoms with Gasteiger partial charge in [-0.2, -0.15) is 0 Å². The number of phenolic OH excluding ortho intramolecular Hbond substituents is 1. The number of rotatable bonds is 5. The highest BCUT2D eigenvalue weighted by Gasteiger charge is 2.52. The SMILES string of the molecule is O=C1C(=O)N(Cc2ccco2)C(c2cccc(O)c2)C1C(=O)c1ccco1. The molecule has 7 heteroatoms. The number of benzene rings is 1. The van der Waals surface area contributed by atoms with Crippen LogP contribution in [-0.2, 0) is 16.1 Å². The molecular weight excluding hydrogens is 350 g/mol. The van der Waals surface area contributed by atoms with E-state index < -0.39 is 29.4 Å². The van der Waals surface area contributed by atoms with Crippen LogP contribution in [0, 0.1) is 5.92 Å². The molecule has 1 aliphatic rings. The van der Waals surface area contributed by atoms with Crippen molar-refractivity contribution in [2.24, 2.45) is 5.92 Å². The Morgan fingerprint density at radius 2 is 1.81 bits per heavy atom. The van der Waals surface area contributed by atoms with Gasteiger partial charge in [-0.1, -0.05) is 12.1 Å². The fourth-order valence-corrected chi connectivity index (χ4v) is 3.38. The number of furan rings is 2. The summed E-state index contributed by atoms with van der Waals surface area (Å²) in [6.07, 6.45) is 2.80. The van der Waals surface area contributed by atoms with E-state index in [2.05, 4.69) is 0 Å². The van der Waals surface area contributed by atoms with Crippen molar-refractivity contribution in [3.8, 4) is 5.75 Å². The Hall–Kier alpha value is -3.61. The molecule has 1 aromatic carbocycles. The third-order valence-electron chi connectivity index (χ3n) is 4.57. The van der Waals surface area contributed by atoms with Gasteiger partial charge in [-0.15, -0.1) is 0 Å². The molecule has 1 fully saturated rings. The van der Waals surface area contributed by atoms with E-state index in [0.717, 1.165) is 0 Å². The molecule has 2 aromatic heterocycles. The van der Waals surface area contributed by atoms with Gasteiger partial charge in [-0.25, -0.2) is 0 Å². The van der Waals surface area contributed by atoms with Crippen molar-refractivity contribution in [3.63, 3.8) is 0 Å². The van der Waals surface area contributed by atoms with Gasteiger partial charge in [0.15, 0.2) is 5.76 Å². The van der Waals surface area contributed by atoms with Crippen molar-refractivity contribution in [3.05, 3.63) is 78.1 Å². The summed E-state index contributed by atoms with van der Waals surface area (Å²) < 4.78 is 10.4. The number of likely N-dealkylation sites (tertiary alicyclic amines) is 1. The summed E-state index contributed by atoms with van der Waals surface area (Å²) in [7, 11) is 0. The van der Waals surface area contributed by atoms with Gasteiger partial charge >= 0.3 is 0 Å². The number of hydrogen-bond acceptors (Lipinski definition) is 6. The predicted octanol–water partition coefficient (Wildman–Crippen LogP) is 2.73. The van der Waals surface area contributed by atoms with Crippen molar-refractivity contribution in [1.82, 2.24) is 4.90 Å². The molecule has 0 aliphatic carbocycles. The first kappa shape index (κ1) is 16.8. The highest BCUT2D eigenvalue weighted by atomic mass is 16.3. The van der Waals surface area contributed by atoms with Crippen LogP contribution in [0.25, 0.3) is 0 Å². The summed E-state index contributed by atoms with van der Waals surface area (Å²) in [6.45, 7) is 0.0276. The molecule has 1 N–H and O–H groups in total. The Labute approximate surface area is 153 Å². The van der Waals surface area contributed by atoms with Crippen molar-refractivity contribution in [1.29, 1.82) is 0 Å². The number of ketones is 2. The average molecular weight is 365 g/mol. The van der Waals surface area contributed by atoms with Gasteiger partial charge in [0, 0.05) is 0 Å². The topological polar surface area (TPSA) is 101 Å². The smallest absolute Gasteiger partial charge is 0.291 e. The van der Waals surface area contributed by atoms with Gasteiger partial charge in [0.05, 0.1) is 25.1 Å². The minimum Gasteiger partial charge on any atom is -0.508 e.